The maximum Gasteiger partial charge on any atom is 0.175 e. The Morgan fingerprint density at radius 2 is 2.29 bits per heavy atom. The summed E-state index contributed by atoms with van der Waals surface area (Å²) < 4.78 is 0. The topological polar surface area (TPSA) is 17.1 Å². The number of hydrogen-bond donors (Lipinski definition) is 0. The molecule has 1 unspecified atom stereocenters. The van der Waals surface area contributed by atoms with Crippen molar-refractivity contribution in [1.82, 2.24) is 0 Å². The van der Waals surface area contributed by atoms with Crippen molar-refractivity contribution >= 4 is 17.5 Å². The predicted octanol–water partition coefficient (Wildman–Crippen LogP) is 4.11. The van der Waals surface area contributed by atoms with Gasteiger partial charge in [-0.1, -0.05) is 38.0 Å². The number of benzene rings is 1. The number of hydrogen-bond acceptors (Lipinski definition) is 2. The van der Waals surface area contributed by atoms with Crippen LogP contribution in [0.3, 0.4) is 0 Å². The molecule has 1 atom stereocenters. The lowest BCUT2D eigenvalue weighted by molar-refractivity contribution is 0.0984. The van der Waals surface area contributed by atoms with Crippen LogP contribution in [-0.4, -0.2) is 16.8 Å². The van der Waals surface area contributed by atoms with Gasteiger partial charge < -0.3 is 0 Å². The fourth-order valence-electron chi connectivity index (χ4n) is 2.30. The summed E-state index contributed by atoms with van der Waals surface area (Å²) in [5.74, 6) is 1.48. The minimum Gasteiger partial charge on any atom is -0.293 e. The molecule has 1 aromatic rings. The Hall–Kier alpha value is -0.760. The first-order valence-electron chi connectivity index (χ1n) is 6.56. The van der Waals surface area contributed by atoms with Crippen LogP contribution in [0, 0.1) is 0 Å². The van der Waals surface area contributed by atoms with Crippen LogP contribution in [-0.2, 0) is 6.42 Å². The SMILES string of the molecule is CCCc1cccc(C(=O)C2CCCCS2)c1. The van der Waals surface area contributed by atoms with E-state index in [2.05, 4.69) is 19.1 Å². The quantitative estimate of drug-likeness (QED) is 0.746. The molecule has 0 spiro atoms. The Balaban J connectivity index is 2.09. The highest BCUT2D eigenvalue weighted by Gasteiger charge is 2.22. The third-order valence-electron chi connectivity index (χ3n) is 3.22. The largest absolute Gasteiger partial charge is 0.293 e. The van der Waals surface area contributed by atoms with Crippen LogP contribution in [0.2, 0.25) is 0 Å². The second kappa shape index (κ2) is 6.25. The summed E-state index contributed by atoms with van der Waals surface area (Å²) in [4.78, 5) is 12.3. The first-order valence-corrected chi connectivity index (χ1v) is 7.61. The molecule has 0 bridgehead atoms. The molecule has 0 N–H and O–H groups in total. The van der Waals surface area contributed by atoms with Crippen LogP contribution in [0.5, 0.6) is 0 Å². The number of aryl methyl sites for hydroxylation is 1. The smallest absolute Gasteiger partial charge is 0.175 e. The summed E-state index contributed by atoms with van der Waals surface area (Å²) in [6.07, 6.45) is 5.73. The van der Waals surface area contributed by atoms with Crippen LogP contribution < -0.4 is 0 Å². The number of rotatable bonds is 4. The minimum absolute atomic E-state index is 0.209. The van der Waals surface area contributed by atoms with Crippen molar-refractivity contribution in [3.05, 3.63) is 35.4 Å². The van der Waals surface area contributed by atoms with Gasteiger partial charge >= 0.3 is 0 Å². The molecule has 0 amide bonds. The van der Waals surface area contributed by atoms with Crippen molar-refractivity contribution in [2.45, 2.75) is 44.3 Å². The van der Waals surface area contributed by atoms with E-state index in [1.54, 1.807) is 0 Å². The highest BCUT2D eigenvalue weighted by Crippen LogP contribution is 2.28. The van der Waals surface area contributed by atoms with Crippen molar-refractivity contribution in [2.24, 2.45) is 0 Å². The molecule has 1 nitrogen and oxygen atoms in total. The van der Waals surface area contributed by atoms with E-state index in [4.69, 9.17) is 0 Å². The lowest BCUT2D eigenvalue weighted by Gasteiger charge is -2.20. The standard InChI is InChI=1S/C15H20OS/c1-2-6-12-7-5-8-13(11-12)15(16)14-9-3-4-10-17-14/h5,7-8,11,14H,2-4,6,9-10H2,1H3. The summed E-state index contributed by atoms with van der Waals surface area (Å²) in [7, 11) is 0. The van der Waals surface area contributed by atoms with Crippen molar-refractivity contribution in [3.8, 4) is 0 Å². The van der Waals surface area contributed by atoms with Crippen LogP contribution in [0.4, 0.5) is 0 Å². The molecule has 2 heteroatoms. The van der Waals surface area contributed by atoms with Gasteiger partial charge in [-0.15, -0.1) is 0 Å². The Kier molecular flexibility index (Phi) is 4.66. The Bertz CT molecular complexity index is 380. The van der Waals surface area contributed by atoms with Gasteiger partial charge in [-0.05, 0) is 36.6 Å². The lowest BCUT2D eigenvalue weighted by Crippen LogP contribution is -2.21. The number of ketones is 1. The molecular weight excluding hydrogens is 228 g/mol. The number of Topliss-reactive ketones (excluding diaryl/α,β-unsaturated/α-hetero) is 1. The molecule has 2 rings (SSSR count). The molecular formula is C15H20OS. The molecule has 1 heterocycles. The van der Waals surface area contributed by atoms with Crippen molar-refractivity contribution in [2.75, 3.05) is 5.75 Å². The maximum absolute atomic E-state index is 12.3. The van der Waals surface area contributed by atoms with Crippen LogP contribution in [0.25, 0.3) is 0 Å². The molecule has 0 aromatic heterocycles. The van der Waals surface area contributed by atoms with Gasteiger partial charge in [-0.25, -0.2) is 0 Å². The summed E-state index contributed by atoms with van der Waals surface area (Å²) in [5, 5.41) is 0.209. The first-order chi connectivity index (χ1) is 8.31. The molecule has 0 radical (unpaired) electrons. The fourth-order valence-corrected chi connectivity index (χ4v) is 3.58. The van der Waals surface area contributed by atoms with E-state index >= 15 is 0 Å². The summed E-state index contributed by atoms with van der Waals surface area (Å²) in [5.41, 5.74) is 2.20. The number of carbonyl (C=O) groups is 1. The zero-order valence-electron chi connectivity index (χ0n) is 10.4. The van der Waals surface area contributed by atoms with Crippen LogP contribution >= 0.6 is 11.8 Å². The Labute approximate surface area is 108 Å². The zero-order chi connectivity index (χ0) is 12.1. The third kappa shape index (κ3) is 3.35. The van der Waals surface area contributed by atoms with Gasteiger partial charge in [-0.3, -0.25) is 4.79 Å². The van der Waals surface area contributed by atoms with E-state index in [1.165, 1.54) is 18.4 Å². The minimum atomic E-state index is 0.209. The molecule has 1 saturated heterocycles. The molecule has 1 aromatic carbocycles. The monoisotopic (exact) mass is 248 g/mol. The normalized spacial score (nSPS) is 20.2. The van der Waals surface area contributed by atoms with Crippen molar-refractivity contribution in [3.63, 3.8) is 0 Å². The van der Waals surface area contributed by atoms with E-state index in [1.807, 2.05) is 23.9 Å². The summed E-state index contributed by atoms with van der Waals surface area (Å²) in [6.45, 7) is 2.17. The van der Waals surface area contributed by atoms with Gasteiger partial charge in [0.25, 0.3) is 0 Å². The molecule has 0 aliphatic carbocycles. The van der Waals surface area contributed by atoms with Gasteiger partial charge in [0.2, 0.25) is 0 Å². The number of thioether (sulfide) groups is 1. The molecule has 1 aliphatic rings. The van der Waals surface area contributed by atoms with Crippen LogP contribution in [0.15, 0.2) is 24.3 Å². The number of carbonyl (C=O) groups excluding carboxylic acids is 1. The highest BCUT2D eigenvalue weighted by molar-refractivity contribution is 8.00. The molecule has 1 aliphatic heterocycles. The average Bonchev–Trinajstić information content (AvgIpc) is 2.40. The molecule has 0 saturated carbocycles. The molecule has 1 fully saturated rings. The summed E-state index contributed by atoms with van der Waals surface area (Å²) >= 11 is 1.84. The average molecular weight is 248 g/mol. The second-order valence-corrected chi connectivity index (χ2v) is 5.98. The van der Waals surface area contributed by atoms with E-state index in [0.29, 0.717) is 5.78 Å². The molecule has 92 valence electrons. The van der Waals surface area contributed by atoms with E-state index in [9.17, 15) is 4.79 Å². The van der Waals surface area contributed by atoms with Gasteiger partial charge in [0, 0.05) is 5.56 Å². The predicted molar refractivity (Wildman–Crippen MR) is 74.9 cm³/mol. The summed E-state index contributed by atoms with van der Waals surface area (Å²) in [6, 6.07) is 8.19. The first kappa shape index (κ1) is 12.7. The lowest BCUT2D eigenvalue weighted by atomic mass is 10.0. The second-order valence-electron chi connectivity index (χ2n) is 4.67. The highest BCUT2D eigenvalue weighted by atomic mass is 32.2. The van der Waals surface area contributed by atoms with Gasteiger partial charge in [0.05, 0.1) is 5.25 Å². The van der Waals surface area contributed by atoms with E-state index in [0.717, 1.165) is 30.6 Å². The molecule has 17 heavy (non-hydrogen) atoms. The van der Waals surface area contributed by atoms with Crippen molar-refractivity contribution in [1.29, 1.82) is 0 Å². The Morgan fingerprint density at radius 1 is 1.41 bits per heavy atom. The van der Waals surface area contributed by atoms with E-state index in [-0.39, 0.29) is 5.25 Å². The van der Waals surface area contributed by atoms with E-state index < -0.39 is 0 Å². The third-order valence-corrected chi connectivity index (χ3v) is 4.60. The maximum atomic E-state index is 12.3. The van der Waals surface area contributed by atoms with Crippen LogP contribution in [0.1, 0.15) is 48.5 Å². The van der Waals surface area contributed by atoms with Gasteiger partial charge in [0.15, 0.2) is 5.78 Å². The zero-order valence-corrected chi connectivity index (χ0v) is 11.3. The Morgan fingerprint density at radius 3 is 3.00 bits per heavy atom. The van der Waals surface area contributed by atoms with Crippen molar-refractivity contribution < 1.29 is 4.79 Å². The van der Waals surface area contributed by atoms with Gasteiger partial charge in [-0.2, -0.15) is 11.8 Å². The van der Waals surface area contributed by atoms with Gasteiger partial charge in [0.1, 0.15) is 0 Å². The fraction of sp³-hybridized carbons (Fsp3) is 0.533.